The van der Waals surface area contributed by atoms with E-state index < -0.39 is 5.97 Å². The van der Waals surface area contributed by atoms with E-state index in [0.29, 0.717) is 17.4 Å². The number of nitrogens with zero attached hydrogens (tertiary/aromatic N) is 2. The molecule has 0 aliphatic heterocycles. The van der Waals surface area contributed by atoms with Gasteiger partial charge in [-0.1, -0.05) is 5.92 Å². The minimum atomic E-state index is -0.980. The van der Waals surface area contributed by atoms with Crippen molar-refractivity contribution in [1.29, 1.82) is 0 Å². The second-order valence-electron chi connectivity index (χ2n) is 6.98. The molecule has 29 heavy (non-hydrogen) atoms. The highest BCUT2D eigenvalue weighted by molar-refractivity contribution is 5.88. The molecule has 146 valence electrons. The zero-order valence-electron chi connectivity index (χ0n) is 15.6. The Balaban J connectivity index is 1.78. The number of aliphatic hydroxyl groups is 1. The van der Waals surface area contributed by atoms with Gasteiger partial charge in [0.25, 0.3) is 5.56 Å². The summed E-state index contributed by atoms with van der Waals surface area (Å²) in [6.45, 7) is 0.0276. The highest BCUT2D eigenvalue weighted by Crippen LogP contribution is 2.39. The summed E-state index contributed by atoms with van der Waals surface area (Å²) < 4.78 is 0. The van der Waals surface area contributed by atoms with Gasteiger partial charge in [-0.15, -0.1) is 6.42 Å². The van der Waals surface area contributed by atoms with Gasteiger partial charge in [0.2, 0.25) is 0 Å². The normalized spacial score (nSPS) is 15.1. The minimum Gasteiger partial charge on any atom is -0.478 e. The highest BCUT2D eigenvalue weighted by atomic mass is 16.4. The lowest BCUT2D eigenvalue weighted by molar-refractivity contribution is 0.0697. The fraction of sp³-hybridized carbons (Fsp3) is 0.227. The third-order valence-electron chi connectivity index (χ3n) is 5.30. The summed E-state index contributed by atoms with van der Waals surface area (Å²) in [4.78, 5) is 32.5. The first-order valence-corrected chi connectivity index (χ1v) is 9.22. The Hall–Kier alpha value is -3.63. The number of aromatic carboxylic acids is 1. The average Bonchev–Trinajstić information content (AvgIpc) is 3.13. The fourth-order valence-corrected chi connectivity index (χ4v) is 3.94. The number of benzene rings is 2. The quantitative estimate of drug-likeness (QED) is 0.578. The minimum absolute atomic E-state index is 0.0296. The van der Waals surface area contributed by atoms with Crippen molar-refractivity contribution < 1.29 is 15.0 Å². The molecule has 7 heteroatoms. The standard InChI is InChI=1S/C22H19N3O4/c1-2-9-25(15-6-3-13(4-7-15)22(28)29)19-8-5-14-10-18-17(11-16(14)19)21(27)24-20(12-26)23-18/h1,3-4,6-7,10-11,19,26H,5,8-9,12H2,(H,28,29)(H,23,24,27). The van der Waals surface area contributed by atoms with Crippen LogP contribution in [-0.4, -0.2) is 32.7 Å². The van der Waals surface area contributed by atoms with Gasteiger partial charge in [0, 0.05) is 5.69 Å². The van der Waals surface area contributed by atoms with E-state index in [0.717, 1.165) is 29.7 Å². The van der Waals surface area contributed by atoms with Gasteiger partial charge < -0.3 is 20.1 Å². The molecule has 1 heterocycles. The number of carboxylic acids is 1. The van der Waals surface area contributed by atoms with Crippen molar-refractivity contribution in [1.82, 2.24) is 9.97 Å². The van der Waals surface area contributed by atoms with Crippen LogP contribution in [-0.2, 0) is 13.0 Å². The van der Waals surface area contributed by atoms with E-state index in [2.05, 4.69) is 15.9 Å². The first-order chi connectivity index (χ1) is 14.0. The molecule has 4 rings (SSSR count). The summed E-state index contributed by atoms with van der Waals surface area (Å²) in [6.07, 6.45) is 7.24. The van der Waals surface area contributed by atoms with Gasteiger partial charge in [-0.05, 0) is 60.4 Å². The molecule has 3 aromatic rings. The Labute approximate surface area is 166 Å². The number of hydrogen-bond donors (Lipinski definition) is 3. The van der Waals surface area contributed by atoms with Crippen LogP contribution < -0.4 is 10.5 Å². The van der Waals surface area contributed by atoms with E-state index in [1.807, 2.05) is 17.0 Å². The van der Waals surface area contributed by atoms with Crippen LogP contribution in [0.1, 0.15) is 39.8 Å². The Morgan fingerprint density at radius 2 is 2.07 bits per heavy atom. The molecular weight excluding hydrogens is 370 g/mol. The lowest BCUT2D eigenvalue weighted by atomic mass is 10.0. The van der Waals surface area contributed by atoms with Crippen molar-refractivity contribution in [2.45, 2.75) is 25.5 Å². The van der Waals surface area contributed by atoms with Crippen molar-refractivity contribution in [2.75, 3.05) is 11.4 Å². The number of carboxylic acid groups (broad SMARTS) is 1. The molecule has 1 atom stereocenters. The van der Waals surface area contributed by atoms with Crippen LogP contribution in [0, 0.1) is 12.3 Å². The highest BCUT2D eigenvalue weighted by Gasteiger charge is 2.29. The Morgan fingerprint density at radius 1 is 1.31 bits per heavy atom. The SMILES string of the molecule is C#CCN(c1ccc(C(=O)O)cc1)C1CCc2cc3nc(CO)[nH]c(=O)c3cc21. The molecule has 1 unspecified atom stereocenters. The summed E-state index contributed by atoms with van der Waals surface area (Å²) in [5, 5.41) is 18.9. The zero-order chi connectivity index (χ0) is 20.5. The molecule has 2 aromatic carbocycles. The summed E-state index contributed by atoms with van der Waals surface area (Å²) in [7, 11) is 0. The van der Waals surface area contributed by atoms with Crippen LogP contribution in [0.2, 0.25) is 0 Å². The average molecular weight is 389 g/mol. The van der Waals surface area contributed by atoms with E-state index in [1.54, 1.807) is 24.3 Å². The number of aromatic nitrogens is 2. The maximum atomic E-state index is 12.4. The summed E-state index contributed by atoms with van der Waals surface area (Å²) in [5.41, 5.74) is 3.42. The van der Waals surface area contributed by atoms with Crippen LogP contribution in [0.4, 0.5) is 5.69 Å². The largest absolute Gasteiger partial charge is 0.478 e. The van der Waals surface area contributed by atoms with E-state index in [4.69, 9.17) is 11.5 Å². The Morgan fingerprint density at radius 3 is 2.72 bits per heavy atom. The van der Waals surface area contributed by atoms with Crippen LogP contribution in [0.25, 0.3) is 10.9 Å². The first kappa shape index (κ1) is 18.7. The molecule has 0 bridgehead atoms. The second-order valence-corrected chi connectivity index (χ2v) is 6.98. The van der Waals surface area contributed by atoms with Crippen LogP contribution in [0.15, 0.2) is 41.2 Å². The molecule has 3 N–H and O–H groups in total. The molecule has 0 radical (unpaired) electrons. The lowest BCUT2D eigenvalue weighted by Crippen LogP contribution is -2.28. The molecule has 0 fully saturated rings. The smallest absolute Gasteiger partial charge is 0.335 e. The summed E-state index contributed by atoms with van der Waals surface area (Å²) in [5.74, 6) is 1.94. The molecule has 0 amide bonds. The number of aryl methyl sites for hydroxylation is 1. The first-order valence-electron chi connectivity index (χ1n) is 9.22. The van der Waals surface area contributed by atoms with Gasteiger partial charge in [-0.3, -0.25) is 4.79 Å². The number of H-pyrrole nitrogens is 1. The van der Waals surface area contributed by atoms with Crippen LogP contribution in [0.5, 0.6) is 0 Å². The topological polar surface area (TPSA) is 107 Å². The second kappa shape index (κ2) is 7.41. The predicted molar refractivity (Wildman–Crippen MR) is 109 cm³/mol. The van der Waals surface area contributed by atoms with Gasteiger partial charge in [0.05, 0.1) is 29.1 Å². The van der Waals surface area contributed by atoms with Gasteiger partial charge >= 0.3 is 5.97 Å². The molecule has 7 nitrogen and oxygen atoms in total. The molecule has 1 aliphatic carbocycles. The van der Waals surface area contributed by atoms with Crippen molar-refractivity contribution in [3.8, 4) is 12.3 Å². The van der Waals surface area contributed by atoms with Crippen molar-refractivity contribution in [3.05, 3.63) is 69.3 Å². The Bertz CT molecular complexity index is 1190. The Kier molecular flexibility index (Phi) is 4.79. The lowest BCUT2D eigenvalue weighted by Gasteiger charge is -2.30. The fourth-order valence-electron chi connectivity index (χ4n) is 3.94. The zero-order valence-corrected chi connectivity index (χ0v) is 15.6. The molecule has 0 spiro atoms. The number of carbonyl (C=O) groups is 1. The number of rotatable bonds is 5. The number of hydrogen-bond acceptors (Lipinski definition) is 5. The van der Waals surface area contributed by atoms with E-state index in [9.17, 15) is 14.7 Å². The third kappa shape index (κ3) is 3.35. The van der Waals surface area contributed by atoms with Crippen LogP contribution in [0.3, 0.4) is 0 Å². The molecular formula is C22H19N3O4. The van der Waals surface area contributed by atoms with E-state index in [1.165, 1.54) is 0 Å². The molecule has 1 aliphatic rings. The maximum Gasteiger partial charge on any atom is 0.335 e. The molecule has 0 saturated heterocycles. The predicted octanol–water partition coefficient (Wildman–Crippen LogP) is 2.24. The van der Waals surface area contributed by atoms with Gasteiger partial charge in [0.1, 0.15) is 12.4 Å². The third-order valence-corrected chi connectivity index (χ3v) is 5.30. The summed E-state index contributed by atoms with van der Waals surface area (Å²) in [6, 6.07) is 10.3. The van der Waals surface area contributed by atoms with Crippen molar-refractivity contribution in [3.63, 3.8) is 0 Å². The van der Waals surface area contributed by atoms with Crippen LogP contribution >= 0.6 is 0 Å². The monoisotopic (exact) mass is 389 g/mol. The van der Waals surface area contributed by atoms with E-state index >= 15 is 0 Å². The molecule has 1 aromatic heterocycles. The number of anilines is 1. The number of aromatic amines is 1. The van der Waals surface area contributed by atoms with E-state index in [-0.39, 0.29) is 29.6 Å². The summed E-state index contributed by atoms with van der Waals surface area (Å²) >= 11 is 0. The number of fused-ring (bicyclic) bond motifs is 2. The van der Waals surface area contributed by atoms with Gasteiger partial charge in [-0.25, -0.2) is 9.78 Å². The number of aliphatic hydroxyl groups excluding tert-OH is 1. The molecule has 0 saturated carbocycles. The van der Waals surface area contributed by atoms with Crippen molar-refractivity contribution >= 4 is 22.6 Å². The number of terminal acetylenes is 1. The number of nitrogens with one attached hydrogen (secondary N) is 1. The van der Waals surface area contributed by atoms with Gasteiger partial charge in [-0.2, -0.15) is 0 Å². The van der Waals surface area contributed by atoms with Gasteiger partial charge in [0.15, 0.2) is 0 Å². The van der Waals surface area contributed by atoms with Crippen molar-refractivity contribution in [2.24, 2.45) is 0 Å². The maximum absolute atomic E-state index is 12.4.